The van der Waals surface area contributed by atoms with Gasteiger partial charge in [-0.2, -0.15) is 5.10 Å². The number of halogens is 2. The molecule has 0 aliphatic carbocycles. The van der Waals surface area contributed by atoms with Crippen molar-refractivity contribution < 1.29 is 17.2 Å². The summed E-state index contributed by atoms with van der Waals surface area (Å²) in [5.41, 5.74) is 1.10. The predicted molar refractivity (Wildman–Crippen MR) is 111 cm³/mol. The van der Waals surface area contributed by atoms with Crippen LogP contribution in [0.2, 0.25) is 0 Å². The molecule has 2 atom stereocenters. The summed E-state index contributed by atoms with van der Waals surface area (Å²) in [6.07, 6.45) is 3.24. The lowest BCUT2D eigenvalue weighted by atomic mass is 9.90. The van der Waals surface area contributed by atoms with E-state index >= 15 is 0 Å². The summed E-state index contributed by atoms with van der Waals surface area (Å²) in [7, 11) is -3.26. The first-order valence-electron chi connectivity index (χ1n) is 9.89. The smallest absolute Gasteiger partial charge is 0.282 e. The second-order valence-electron chi connectivity index (χ2n) is 7.69. The molecule has 0 spiro atoms. The molecule has 1 fully saturated rings. The number of alkyl halides is 2. The van der Waals surface area contributed by atoms with Gasteiger partial charge in [-0.1, -0.05) is 0 Å². The van der Waals surface area contributed by atoms with Crippen molar-refractivity contribution in [3.63, 3.8) is 0 Å². The van der Waals surface area contributed by atoms with Gasteiger partial charge in [0.05, 0.1) is 18.1 Å². The van der Waals surface area contributed by atoms with Crippen LogP contribution in [0.5, 0.6) is 0 Å². The van der Waals surface area contributed by atoms with Gasteiger partial charge in [-0.05, 0) is 37.8 Å². The topological polar surface area (TPSA) is 105 Å². The quantitative estimate of drug-likeness (QED) is 0.613. The Hall–Kier alpha value is -2.73. The van der Waals surface area contributed by atoms with Gasteiger partial charge in [-0.15, -0.1) is 0 Å². The lowest BCUT2D eigenvalue weighted by molar-refractivity contribution is 0.144. The molecule has 0 unspecified atom stereocenters. The number of rotatable bonds is 6. The van der Waals surface area contributed by atoms with E-state index < -0.39 is 16.4 Å². The van der Waals surface area contributed by atoms with Crippen molar-refractivity contribution in [2.75, 3.05) is 24.2 Å². The summed E-state index contributed by atoms with van der Waals surface area (Å²) in [4.78, 5) is 15.0. The maximum atomic E-state index is 13.1. The van der Waals surface area contributed by atoms with Crippen LogP contribution in [0.25, 0.3) is 17.0 Å². The molecule has 1 aliphatic rings. The van der Waals surface area contributed by atoms with Crippen LogP contribution >= 0.6 is 0 Å². The molecule has 12 heteroatoms. The Bertz CT molecular complexity index is 1180. The number of piperidine rings is 1. The number of fused-ring (bicyclic) bond motifs is 1. The van der Waals surface area contributed by atoms with E-state index in [1.807, 2.05) is 6.92 Å². The van der Waals surface area contributed by atoms with E-state index in [1.165, 1.54) is 23.0 Å². The highest BCUT2D eigenvalue weighted by Gasteiger charge is 2.29. The van der Waals surface area contributed by atoms with Crippen molar-refractivity contribution in [2.24, 2.45) is 5.92 Å². The van der Waals surface area contributed by atoms with Crippen LogP contribution in [0.1, 0.15) is 31.9 Å². The van der Waals surface area contributed by atoms with E-state index in [1.54, 1.807) is 12.3 Å². The van der Waals surface area contributed by atoms with Crippen LogP contribution in [-0.2, 0) is 10.0 Å². The zero-order valence-corrected chi connectivity index (χ0v) is 17.9. The van der Waals surface area contributed by atoms with Gasteiger partial charge in [-0.3, -0.25) is 0 Å². The molecule has 1 aliphatic heterocycles. The third kappa shape index (κ3) is 4.64. The van der Waals surface area contributed by atoms with E-state index in [-0.39, 0.29) is 17.7 Å². The molecule has 1 N–H and O–H groups in total. The minimum Gasteiger partial charge on any atom is -0.353 e. The predicted octanol–water partition coefficient (Wildman–Crippen LogP) is 2.28. The van der Waals surface area contributed by atoms with Crippen molar-refractivity contribution in [2.45, 2.75) is 32.2 Å². The fraction of sp³-hybridized carbons (Fsp3) is 0.474. The Morgan fingerprint density at radius 2 is 2.06 bits per heavy atom. The highest BCUT2D eigenvalue weighted by Crippen LogP contribution is 2.29. The molecule has 0 saturated carbocycles. The van der Waals surface area contributed by atoms with Gasteiger partial charge in [0.2, 0.25) is 10.0 Å². The largest absolute Gasteiger partial charge is 0.353 e. The molecule has 0 aromatic carbocycles. The van der Waals surface area contributed by atoms with Gasteiger partial charge in [0.25, 0.3) is 6.43 Å². The Labute approximate surface area is 178 Å². The first kappa shape index (κ1) is 21.5. The number of nitrogens with zero attached hydrogens (tertiary/aromatic N) is 6. The SMILES string of the molecule is C[C@H]1[C@H](CNS(C)(=O)=O)CCCN1c1cc(-c2cnc3ccc(C(F)F)nn23)ncn1. The summed E-state index contributed by atoms with van der Waals surface area (Å²) in [5.74, 6) is 0.814. The number of anilines is 1. The normalized spacial score (nSPS) is 20.0. The summed E-state index contributed by atoms with van der Waals surface area (Å²) < 4.78 is 53.1. The molecule has 3 aromatic heterocycles. The van der Waals surface area contributed by atoms with Crippen LogP contribution in [-0.4, -0.2) is 58.4 Å². The Morgan fingerprint density at radius 1 is 1.26 bits per heavy atom. The zero-order valence-electron chi connectivity index (χ0n) is 17.1. The fourth-order valence-electron chi connectivity index (χ4n) is 3.90. The maximum Gasteiger partial charge on any atom is 0.282 e. The van der Waals surface area contributed by atoms with E-state index in [0.717, 1.165) is 25.6 Å². The Morgan fingerprint density at radius 3 is 2.81 bits per heavy atom. The second-order valence-corrected chi connectivity index (χ2v) is 9.52. The van der Waals surface area contributed by atoms with Gasteiger partial charge >= 0.3 is 0 Å². The van der Waals surface area contributed by atoms with Crippen LogP contribution in [0.3, 0.4) is 0 Å². The van der Waals surface area contributed by atoms with Crippen LogP contribution in [0.4, 0.5) is 14.6 Å². The van der Waals surface area contributed by atoms with Gasteiger partial charge in [0, 0.05) is 25.2 Å². The van der Waals surface area contributed by atoms with Crippen molar-refractivity contribution in [1.82, 2.24) is 29.3 Å². The van der Waals surface area contributed by atoms with E-state index in [9.17, 15) is 17.2 Å². The molecule has 1 saturated heterocycles. The van der Waals surface area contributed by atoms with Gasteiger partial charge in [0.15, 0.2) is 5.65 Å². The number of sulfonamides is 1. The minimum absolute atomic E-state index is 0.0523. The monoisotopic (exact) mass is 451 g/mol. The van der Waals surface area contributed by atoms with Crippen molar-refractivity contribution >= 4 is 21.5 Å². The summed E-state index contributed by atoms with van der Waals surface area (Å²) in [6.45, 7) is 3.18. The van der Waals surface area contributed by atoms with Crippen LogP contribution in [0, 0.1) is 5.92 Å². The molecule has 0 radical (unpaired) electrons. The highest BCUT2D eigenvalue weighted by molar-refractivity contribution is 7.88. The number of hydrogen-bond donors (Lipinski definition) is 1. The third-order valence-electron chi connectivity index (χ3n) is 5.57. The molecule has 9 nitrogen and oxygen atoms in total. The first-order valence-corrected chi connectivity index (χ1v) is 11.8. The van der Waals surface area contributed by atoms with Gasteiger partial charge in [-0.25, -0.2) is 41.4 Å². The fourth-order valence-corrected chi connectivity index (χ4v) is 4.42. The van der Waals surface area contributed by atoms with Gasteiger partial charge < -0.3 is 4.90 Å². The molecule has 31 heavy (non-hydrogen) atoms. The van der Waals surface area contributed by atoms with Crippen molar-refractivity contribution in [3.8, 4) is 11.4 Å². The molecule has 3 aromatic rings. The number of nitrogens with one attached hydrogen (secondary N) is 1. The third-order valence-corrected chi connectivity index (χ3v) is 6.26. The number of hydrogen-bond acceptors (Lipinski definition) is 7. The van der Waals surface area contributed by atoms with E-state index in [0.29, 0.717) is 29.4 Å². The Balaban J connectivity index is 1.63. The zero-order chi connectivity index (χ0) is 22.2. The lowest BCUT2D eigenvalue weighted by Crippen LogP contribution is -2.47. The minimum atomic E-state index is -3.26. The highest BCUT2D eigenvalue weighted by atomic mass is 32.2. The van der Waals surface area contributed by atoms with Crippen LogP contribution in [0.15, 0.2) is 30.7 Å². The van der Waals surface area contributed by atoms with Crippen LogP contribution < -0.4 is 9.62 Å². The van der Waals surface area contributed by atoms with E-state index in [4.69, 9.17) is 0 Å². The molecule has 0 amide bonds. The number of imidazole rings is 1. The lowest BCUT2D eigenvalue weighted by Gasteiger charge is -2.40. The average Bonchev–Trinajstić information content (AvgIpc) is 3.16. The molecule has 0 bridgehead atoms. The standard InChI is InChI=1S/C19H23F2N7O2S/c1-12-13(9-25-31(2,29)30)4-3-7-27(12)18-8-15(23-11-24-18)16-10-22-17-6-5-14(19(20)21)26-28(16)17/h5-6,8,10-13,19,25H,3-4,7,9H2,1-2H3/t12-,13-/m0/s1. The van der Waals surface area contributed by atoms with Crippen molar-refractivity contribution in [3.05, 3.63) is 36.4 Å². The first-order chi connectivity index (χ1) is 14.7. The average molecular weight is 452 g/mol. The molecule has 166 valence electrons. The Kier molecular flexibility index (Phi) is 5.84. The second kappa shape index (κ2) is 8.42. The van der Waals surface area contributed by atoms with Gasteiger partial charge in [0.1, 0.15) is 23.5 Å². The molecule has 4 rings (SSSR count). The summed E-state index contributed by atoms with van der Waals surface area (Å²) in [5, 5.41) is 3.99. The van der Waals surface area contributed by atoms with E-state index in [2.05, 4.69) is 29.7 Å². The molecule has 4 heterocycles. The molecular formula is C19H23F2N7O2S. The molecular weight excluding hydrogens is 428 g/mol. The summed E-state index contributed by atoms with van der Waals surface area (Å²) >= 11 is 0. The van der Waals surface area contributed by atoms with Crippen molar-refractivity contribution in [1.29, 1.82) is 0 Å². The maximum absolute atomic E-state index is 13.1. The summed E-state index contributed by atoms with van der Waals surface area (Å²) in [6, 6.07) is 4.58. The number of aromatic nitrogens is 5.